The normalized spacial score (nSPS) is 19.2. The van der Waals surface area contributed by atoms with Gasteiger partial charge in [-0.25, -0.2) is 14.8 Å². The summed E-state index contributed by atoms with van der Waals surface area (Å²) in [6, 6.07) is 5.94. The van der Waals surface area contributed by atoms with Crippen LogP contribution in [0.3, 0.4) is 0 Å². The van der Waals surface area contributed by atoms with Gasteiger partial charge in [0.15, 0.2) is 5.69 Å². The molecule has 2 aromatic rings. The van der Waals surface area contributed by atoms with E-state index in [1.165, 1.54) is 0 Å². The highest BCUT2D eigenvalue weighted by Gasteiger charge is 2.36. The molecule has 1 atom stereocenters. The van der Waals surface area contributed by atoms with Gasteiger partial charge >= 0.3 is 12.3 Å². The average Bonchev–Trinajstić information content (AvgIpc) is 2.71. The van der Waals surface area contributed by atoms with Gasteiger partial charge in [0, 0.05) is 31.9 Å². The molecule has 0 radical (unpaired) electrons. The fraction of sp³-hybridized carbons (Fsp3) is 0.500. The van der Waals surface area contributed by atoms with E-state index in [0.29, 0.717) is 19.3 Å². The molecule has 0 bridgehead atoms. The Morgan fingerprint density at radius 2 is 1.91 bits per heavy atom. The van der Waals surface area contributed by atoms with Crippen molar-refractivity contribution in [1.29, 1.82) is 0 Å². The van der Waals surface area contributed by atoms with Crippen LogP contribution in [0.15, 0.2) is 30.6 Å². The highest BCUT2D eigenvalue weighted by atomic mass is 19.4. The Morgan fingerprint density at radius 1 is 1.12 bits per heavy atom. The van der Waals surface area contributed by atoms with Crippen LogP contribution in [0.4, 0.5) is 29.5 Å². The number of carbonyl (C=O) groups is 1. The second-order valence-corrected chi connectivity index (χ2v) is 9.05. The molecule has 0 saturated carbocycles. The van der Waals surface area contributed by atoms with Crippen LogP contribution in [0.5, 0.6) is 0 Å². The molecule has 4 rings (SSSR count). The Kier molecular flexibility index (Phi) is 5.74. The number of amides is 1. The number of anilines is 2. The molecule has 0 aliphatic carbocycles. The first kappa shape index (κ1) is 22.3. The SMILES string of the molecule is CC(C)(C)OC(=O)N1CCN2CCc3cc(Nc4cnc(C(F)(F)F)cn4)ccc3[C@@H]2C1. The highest BCUT2D eigenvalue weighted by Crippen LogP contribution is 2.35. The Labute approximate surface area is 184 Å². The molecule has 0 spiro atoms. The van der Waals surface area contributed by atoms with E-state index in [4.69, 9.17) is 4.74 Å². The number of rotatable bonds is 2. The molecule has 2 aliphatic heterocycles. The molecule has 1 amide bonds. The first-order chi connectivity index (χ1) is 15.0. The number of carbonyl (C=O) groups excluding carboxylic acids is 1. The molecular formula is C22H26F3N5O2. The van der Waals surface area contributed by atoms with E-state index in [1.807, 2.05) is 39.0 Å². The standard InChI is InChI=1S/C22H26F3N5O2/c1-21(2,3)32-20(31)30-9-8-29-7-6-14-10-15(4-5-16(14)17(29)13-30)28-19-12-26-18(11-27-19)22(23,24)25/h4-5,10-12,17H,6-9,13H2,1-3H3,(H,27,28)/t17-/m0/s1. The first-order valence-electron chi connectivity index (χ1n) is 10.5. The zero-order valence-electron chi connectivity index (χ0n) is 18.2. The number of halogens is 3. The molecule has 3 heterocycles. The summed E-state index contributed by atoms with van der Waals surface area (Å²) in [7, 11) is 0. The third-order valence-electron chi connectivity index (χ3n) is 5.53. The Hall–Kier alpha value is -2.88. The average molecular weight is 449 g/mol. The summed E-state index contributed by atoms with van der Waals surface area (Å²) in [6.07, 6.45) is -2.18. The van der Waals surface area contributed by atoms with E-state index in [0.717, 1.165) is 42.5 Å². The minimum Gasteiger partial charge on any atom is -0.444 e. The predicted octanol–water partition coefficient (Wildman–Crippen LogP) is 4.39. The molecule has 2 aliphatic rings. The van der Waals surface area contributed by atoms with Gasteiger partial charge in [-0.05, 0) is 50.5 Å². The summed E-state index contributed by atoms with van der Waals surface area (Å²) >= 11 is 0. The van der Waals surface area contributed by atoms with Crippen LogP contribution >= 0.6 is 0 Å². The van der Waals surface area contributed by atoms with Crippen molar-refractivity contribution in [2.24, 2.45) is 0 Å². The number of nitrogens with zero attached hydrogens (tertiary/aromatic N) is 4. The van der Waals surface area contributed by atoms with Crippen molar-refractivity contribution < 1.29 is 22.7 Å². The lowest BCUT2D eigenvalue weighted by Crippen LogP contribution is -2.53. The quantitative estimate of drug-likeness (QED) is 0.734. The van der Waals surface area contributed by atoms with Crippen LogP contribution in [-0.2, 0) is 17.3 Å². The van der Waals surface area contributed by atoms with Crippen molar-refractivity contribution in [3.8, 4) is 0 Å². The lowest BCUT2D eigenvalue weighted by Gasteiger charge is -2.45. The maximum Gasteiger partial charge on any atom is 0.434 e. The number of nitrogens with one attached hydrogen (secondary N) is 1. The summed E-state index contributed by atoms with van der Waals surface area (Å²) in [5, 5.41) is 3.02. The monoisotopic (exact) mass is 449 g/mol. The Bertz CT molecular complexity index is 989. The van der Waals surface area contributed by atoms with Gasteiger partial charge in [0.1, 0.15) is 11.4 Å². The van der Waals surface area contributed by atoms with Gasteiger partial charge in [0.05, 0.1) is 18.4 Å². The van der Waals surface area contributed by atoms with Gasteiger partial charge < -0.3 is 15.0 Å². The van der Waals surface area contributed by atoms with E-state index in [-0.39, 0.29) is 18.0 Å². The molecule has 32 heavy (non-hydrogen) atoms. The fourth-order valence-electron chi connectivity index (χ4n) is 4.05. The van der Waals surface area contributed by atoms with Crippen LogP contribution in [0.25, 0.3) is 0 Å². The summed E-state index contributed by atoms with van der Waals surface area (Å²) in [6.45, 7) is 8.41. The summed E-state index contributed by atoms with van der Waals surface area (Å²) < 4.78 is 43.5. The van der Waals surface area contributed by atoms with E-state index in [1.54, 1.807) is 4.90 Å². The molecule has 7 nitrogen and oxygen atoms in total. The van der Waals surface area contributed by atoms with Crippen molar-refractivity contribution >= 4 is 17.6 Å². The third kappa shape index (κ3) is 4.95. The smallest absolute Gasteiger partial charge is 0.434 e. The zero-order valence-corrected chi connectivity index (χ0v) is 18.2. The van der Waals surface area contributed by atoms with Crippen molar-refractivity contribution in [2.75, 3.05) is 31.5 Å². The Balaban J connectivity index is 1.48. The second-order valence-electron chi connectivity index (χ2n) is 9.05. The van der Waals surface area contributed by atoms with E-state index in [2.05, 4.69) is 20.2 Å². The number of fused-ring (bicyclic) bond motifs is 3. The minimum atomic E-state index is -4.52. The molecule has 10 heteroatoms. The summed E-state index contributed by atoms with van der Waals surface area (Å²) in [5.41, 5.74) is 1.45. The molecule has 1 fully saturated rings. The molecule has 172 valence electrons. The first-order valence-corrected chi connectivity index (χ1v) is 10.5. The van der Waals surface area contributed by atoms with Crippen LogP contribution in [0.2, 0.25) is 0 Å². The molecule has 1 N–H and O–H groups in total. The zero-order chi connectivity index (χ0) is 23.1. The molecule has 1 saturated heterocycles. The topological polar surface area (TPSA) is 70.6 Å². The molecule has 0 unspecified atom stereocenters. The van der Waals surface area contributed by atoms with Crippen LogP contribution in [0.1, 0.15) is 43.6 Å². The van der Waals surface area contributed by atoms with E-state index >= 15 is 0 Å². The number of alkyl halides is 3. The summed E-state index contributed by atoms with van der Waals surface area (Å²) in [4.78, 5) is 23.9. The fourth-order valence-corrected chi connectivity index (χ4v) is 4.05. The number of hydrogen-bond acceptors (Lipinski definition) is 6. The third-order valence-corrected chi connectivity index (χ3v) is 5.53. The number of benzene rings is 1. The second kappa shape index (κ2) is 8.23. The van der Waals surface area contributed by atoms with Crippen molar-refractivity contribution in [3.63, 3.8) is 0 Å². The molecule has 1 aromatic heterocycles. The van der Waals surface area contributed by atoms with E-state index < -0.39 is 17.5 Å². The molecule has 1 aromatic carbocycles. The van der Waals surface area contributed by atoms with Crippen LogP contribution < -0.4 is 5.32 Å². The molecular weight excluding hydrogens is 423 g/mol. The van der Waals surface area contributed by atoms with Crippen molar-refractivity contribution in [3.05, 3.63) is 47.4 Å². The lowest BCUT2D eigenvalue weighted by atomic mass is 9.90. The number of ether oxygens (including phenoxy) is 1. The van der Waals surface area contributed by atoms with Crippen LogP contribution in [-0.4, -0.2) is 57.6 Å². The van der Waals surface area contributed by atoms with E-state index in [9.17, 15) is 18.0 Å². The number of piperazine rings is 1. The highest BCUT2D eigenvalue weighted by molar-refractivity contribution is 5.68. The van der Waals surface area contributed by atoms with Crippen molar-refractivity contribution in [1.82, 2.24) is 19.8 Å². The van der Waals surface area contributed by atoms with Crippen LogP contribution in [0, 0.1) is 0 Å². The maximum absolute atomic E-state index is 12.7. The Morgan fingerprint density at radius 3 is 2.56 bits per heavy atom. The van der Waals surface area contributed by atoms with Gasteiger partial charge in [-0.3, -0.25) is 4.90 Å². The van der Waals surface area contributed by atoms with Gasteiger partial charge in [-0.15, -0.1) is 0 Å². The van der Waals surface area contributed by atoms with Gasteiger partial charge in [-0.2, -0.15) is 13.2 Å². The van der Waals surface area contributed by atoms with Gasteiger partial charge in [0.25, 0.3) is 0 Å². The van der Waals surface area contributed by atoms with Gasteiger partial charge in [-0.1, -0.05) is 6.07 Å². The van der Waals surface area contributed by atoms with Gasteiger partial charge in [0.2, 0.25) is 0 Å². The minimum absolute atomic E-state index is 0.0833. The maximum atomic E-state index is 12.7. The largest absolute Gasteiger partial charge is 0.444 e. The number of hydrogen-bond donors (Lipinski definition) is 1. The lowest BCUT2D eigenvalue weighted by molar-refractivity contribution is -0.141. The predicted molar refractivity (Wildman–Crippen MR) is 113 cm³/mol. The summed E-state index contributed by atoms with van der Waals surface area (Å²) in [5.74, 6) is 0.240. The number of aromatic nitrogens is 2. The van der Waals surface area contributed by atoms with Crippen molar-refractivity contribution in [2.45, 2.75) is 45.0 Å².